The van der Waals surface area contributed by atoms with Crippen LogP contribution >= 0.6 is 0 Å². The molecule has 0 N–H and O–H groups in total. The number of carbonyl (C=O) groups excluding carboxylic acids is 4. The molecule has 2 aromatic rings. The van der Waals surface area contributed by atoms with Crippen molar-refractivity contribution in [2.45, 2.75) is 24.7 Å². The fourth-order valence-corrected chi connectivity index (χ4v) is 4.48. The third-order valence-electron chi connectivity index (χ3n) is 6.31. The van der Waals surface area contributed by atoms with Crippen LogP contribution in [0.15, 0.2) is 86.0 Å². The molecule has 0 unspecified atom stereocenters. The van der Waals surface area contributed by atoms with E-state index in [0.29, 0.717) is 40.1 Å². The van der Waals surface area contributed by atoms with Gasteiger partial charge in [-0.3, -0.25) is 19.2 Å². The van der Waals surface area contributed by atoms with Gasteiger partial charge in [-0.25, -0.2) is 9.80 Å². The first-order valence-electron chi connectivity index (χ1n) is 12.6. The van der Waals surface area contributed by atoms with E-state index >= 15 is 0 Å². The summed E-state index contributed by atoms with van der Waals surface area (Å²) in [5.41, 5.74) is -8.35. The Kier molecular flexibility index (Phi) is 9.87. The number of amides is 4. The van der Waals surface area contributed by atoms with Gasteiger partial charge in [0.05, 0.1) is 11.4 Å². The van der Waals surface area contributed by atoms with Crippen LogP contribution in [-0.4, -0.2) is 49.7 Å². The minimum Gasteiger partial charge on any atom is -0.487 e. The summed E-state index contributed by atoms with van der Waals surface area (Å²) in [6, 6.07) is 3.25. The van der Waals surface area contributed by atoms with E-state index in [0.717, 1.165) is 36.4 Å². The molecular weight excluding hydrogens is 598 g/mol. The standard InChI is InChI=1S/C30H24F6N2O6/c1-4-7-25(40)37(18-39)21-10-8-19(16-23(21)43-14-5-2)28(29(31,32)33,30(34,35)36)20-9-11-22(24(17-20)44-15-6-3)38-26(41)12-13-27(38)42/h4-13,16-18H,2-3,14-15H2,1H3/b7-4-. The second-order valence-electron chi connectivity index (χ2n) is 8.97. The van der Waals surface area contributed by atoms with Crippen molar-refractivity contribution < 1.29 is 55.0 Å². The molecule has 8 nitrogen and oxygen atoms in total. The van der Waals surface area contributed by atoms with Crippen LogP contribution in [0.5, 0.6) is 11.5 Å². The average molecular weight is 623 g/mol. The van der Waals surface area contributed by atoms with E-state index in [1.807, 2.05) is 0 Å². The van der Waals surface area contributed by atoms with E-state index in [1.165, 1.54) is 13.0 Å². The zero-order chi connectivity index (χ0) is 32.9. The number of nitrogens with zero attached hydrogens (tertiary/aromatic N) is 2. The molecular formula is C30H24F6N2O6. The van der Waals surface area contributed by atoms with Crippen LogP contribution in [0.4, 0.5) is 37.7 Å². The predicted molar refractivity (Wildman–Crippen MR) is 147 cm³/mol. The summed E-state index contributed by atoms with van der Waals surface area (Å²) < 4.78 is 101. The number of hydrogen-bond acceptors (Lipinski definition) is 6. The van der Waals surface area contributed by atoms with Crippen molar-refractivity contribution in [3.8, 4) is 11.5 Å². The molecule has 0 spiro atoms. The zero-order valence-electron chi connectivity index (χ0n) is 22.9. The maximum Gasteiger partial charge on any atom is 0.411 e. The van der Waals surface area contributed by atoms with E-state index in [4.69, 9.17) is 9.47 Å². The van der Waals surface area contributed by atoms with Crippen LogP contribution in [0.25, 0.3) is 0 Å². The Labute approximate surface area is 247 Å². The maximum atomic E-state index is 15.0. The number of imide groups is 2. The molecule has 1 aliphatic heterocycles. The molecule has 0 saturated carbocycles. The van der Waals surface area contributed by atoms with E-state index in [2.05, 4.69) is 13.2 Å². The smallest absolute Gasteiger partial charge is 0.411 e. The highest BCUT2D eigenvalue weighted by atomic mass is 19.4. The lowest BCUT2D eigenvalue weighted by atomic mass is 9.72. The number of halogens is 6. The van der Waals surface area contributed by atoms with Gasteiger partial charge in [-0.2, -0.15) is 26.3 Å². The monoisotopic (exact) mass is 622 g/mol. The van der Waals surface area contributed by atoms with E-state index in [-0.39, 0.29) is 6.41 Å². The van der Waals surface area contributed by atoms with Crippen molar-refractivity contribution in [3.63, 3.8) is 0 Å². The highest BCUT2D eigenvalue weighted by Gasteiger charge is 2.72. The van der Waals surface area contributed by atoms with Gasteiger partial charge in [0, 0.05) is 12.2 Å². The summed E-state index contributed by atoms with van der Waals surface area (Å²) in [5.74, 6) is -4.04. The number of hydrogen-bond donors (Lipinski definition) is 0. The fourth-order valence-electron chi connectivity index (χ4n) is 4.48. The second kappa shape index (κ2) is 13.0. The highest BCUT2D eigenvalue weighted by molar-refractivity contribution is 6.28. The molecule has 4 amide bonds. The SMILES string of the molecule is C=CCOc1cc(C(c2ccc(N3C(=O)C=CC3=O)c(OCC=C)c2)(C(F)(F)F)C(F)(F)F)ccc1N(C=O)C(=O)/C=C\C. The summed E-state index contributed by atoms with van der Waals surface area (Å²) in [4.78, 5) is 49.7. The van der Waals surface area contributed by atoms with Gasteiger partial charge in [-0.1, -0.05) is 43.5 Å². The van der Waals surface area contributed by atoms with Gasteiger partial charge in [0.25, 0.3) is 17.7 Å². The first-order chi connectivity index (χ1) is 20.7. The molecule has 0 radical (unpaired) electrons. The van der Waals surface area contributed by atoms with Crippen molar-refractivity contribution in [2.24, 2.45) is 0 Å². The Bertz CT molecular complexity index is 1510. The van der Waals surface area contributed by atoms with Crippen molar-refractivity contribution in [1.29, 1.82) is 0 Å². The molecule has 232 valence electrons. The number of carbonyl (C=O) groups is 4. The molecule has 0 fully saturated rings. The van der Waals surface area contributed by atoms with E-state index in [1.54, 1.807) is 0 Å². The lowest BCUT2D eigenvalue weighted by Crippen LogP contribution is -2.54. The Morgan fingerprint density at radius 3 is 1.84 bits per heavy atom. The lowest BCUT2D eigenvalue weighted by Gasteiger charge is -2.39. The number of allylic oxidation sites excluding steroid dienone is 1. The third kappa shape index (κ3) is 6.00. The van der Waals surface area contributed by atoms with Gasteiger partial charge in [0.15, 0.2) is 0 Å². The summed E-state index contributed by atoms with van der Waals surface area (Å²) in [5, 5.41) is 0. The van der Waals surface area contributed by atoms with Crippen LogP contribution in [0, 0.1) is 0 Å². The van der Waals surface area contributed by atoms with Crippen molar-refractivity contribution in [2.75, 3.05) is 23.0 Å². The molecule has 0 saturated heterocycles. The summed E-state index contributed by atoms with van der Waals surface area (Å²) in [7, 11) is 0. The summed E-state index contributed by atoms with van der Waals surface area (Å²) in [6.07, 6.45) is -5.84. The van der Waals surface area contributed by atoms with Gasteiger partial charge in [0.1, 0.15) is 24.7 Å². The molecule has 1 heterocycles. The molecule has 14 heteroatoms. The minimum atomic E-state index is -6.06. The molecule has 0 atom stereocenters. The minimum absolute atomic E-state index is 0.0244. The summed E-state index contributed by atoms with van der Waals surface area (Å²) in [6.45, 7) is 7.43. The first-order valence-corrected chi connectivity index (χ1v) is 12.6. The quantitative estimate of drug-likeness (QED) is 0.0989. The second-order valence-corrected chi connectivity index (χ2v) is 8.97. The Balaban J connectivity index is 2.40. The Morgan fingerprint density at radius 1 is 0.864 bits per heavy atom. The Hall–Kier alpha value is -5.14. The molecule has 2 aromatic carbocycles. The topological polar surface area (TPSA) is 93.2 Å². The fraction of sp³-hybridized carbons (Fsp3) is 0.200. The Morgan fingerprint density at radius 2 is 1.36 bits per heavy atom. The van der Waals surface area contributed by atoms with Crippen molar-refractivity contribution in [3.05, 3.63) is 97.1 Å². The summed E-state index contributed by atoms with van der Waals surface area (Å²) >= 11 is 0. The molecule has 0 aliphatic carbocycles. The van der Waals surface area contributed by atoms with E-state index < -0.39 is 82.7 Å². The van der Waals surface area contributed by atoms with Crippen LogP contribution in [0.2, 0.25) is 0 Å². The molecule has 44 heavy (non-hydrogen) atoms. The predicted octanol–water partition coefficient (Wildman–Crippen LogP) is 5.72. The zero-order valence-corrected chi connectivity index (χ0v) is 22.9. The molecule has 0 aromatic heterocycles. The van der Waals surface area contributed by atoms with Gasteiger partial charge < -0.3 is 9.47 Å². The van der Waals surface area contributed by atoms with Gasteiger partial charge in [-0.05, 0) is 48.4 Å². The largest absolute Gasteiger partial charge is 0.487 e. The van der Waals surface area contributed by atoms with E-state index in [9.17, 15) is 45.5 Å². The maximum absolute atomic E-state index is 15.0. The number of benzene rings is 2. The van der Waals surface area contributed by atoms with Gasteiger partial charge in [0.2, 0.25) is 11.8 Å². The highest BCUT2D eigenvalue weighted by Crippen LogP contribution is 2.58. The number of alkyl halides is 6. The number of ether oxygens (including phenoxy) is 2. The lowest BCUT2D eigenvalue weighted by molar-refractivity contribution is -0.288. The first kappa shape index (κ1) is 33.4. The normalized spacial score (nSPS) is 13.8. The third-order valence-corrected chi connectivity index (χ3v) is 6.31. The average Bonchev–Trinajstić information content (AvgIpc) is 3.28. The van der Waals surface area contributed by atoms with Crippen LogP contribution in [-0.2, 0) is 24.6 Å². The van der Waals surface area contributed by atoms with Crippen LogP contribution < -0.4 is 19.3 Å². The van der Waals surface area contributed by atoms with Crippen LogP contribution in [0.1, 0.15) is 18.1 Å². The number of rotatable bonds is 12. The molecule has 1 aliphatic rings. The van der Waals surface area contributed by atoms with Gasteiger partial charge >= 0.3 is 12.4 Å². The van der Waals surface area contributed by atoms with Gasteiger partial charge in [-0.15, -0.1) is 0 Å². The number of anilines is 2. The molecule has 0 bridgehead atoms. The van der Waals surface area contributed by atoms with Crippen molar-refractivity contribution in [1.82, 2.24) is 0 Å². The molecule has 3 rings (SSSR count). The van der Waals surface area contributed by atoms with Crippen LogP contribution in [0.3, 0.4) is 0 Å². The van der Waals surface area contributed by atoms with Crippen molar-refractivity contribution >= 4 is 35.5 Å².